The van der Waals surface area contributed by atoms with Crippen molar-refractivity contribution in [2.24, 2.45) is 0 Å². The maximum atomic E-state index is 10.8. The lowest BCUT2D eigenvalue weighted by Gasteiger charge is -2.06. The molecule has 0 N–H and O–H groups in total. The number of hydrogen-bond acceptors (Lipinski definition) is 4. The minimum absolute atomic E-state index is 0.0688. The molecule has 0 amide bonds. The SMILES string of the molecule is N#Cc1ncccc1Cn1ccc2cc([N+](=O)[O-])ccc21. The van der Waals surface area contributed by atoms with E-state index in [1.54, 1.807) is 24.4 Å². The van der Waals surface area contributed by atoms with Gasteiger partial charge in [0, 0.05) is 41.0 Å². The monoisotopic (exact) mass is 278 g/mol. The van der Waals surface area contributed by atoms with Gasteiger partial charge in [-0.3, -0.25) is 10.1 Å². The molecular weight excluding hydrogens is 268 g/mol. The van der Waals surface area contributed by atoms with Crippen LogP contribution in [0.3, 0.4) is 0 Å². The summed E-state index contributed by atoms with van der Waals surface area (Å²) in [5.41, 5.74) is 2.16. The number of nitrogens with zero attached hydrogens (tertiary/aromatic N) is 4. The molecule has 0 unspecified atom stereocenters. The van der Waals surface area contributed by atoms with E-state index in [-0.39, 0.29) is 5.69 Å². The summed E-state index contributed by atoms with van der Waals surface area (Å²) >= 11 is 0. The van der Waals surface area contributed by atoms with E-state index < -0.39 is 4.92 Å². The van der Waals surface area contributed by atoms with Gasteiger partial charge in [0.2, 0.25) is 0 Å². The molecule has 0 aliphatic rings. The molecule has 0 bridgehead atoms. The Labute approximate surface area is 120 Å². The van der Waals surface area contributed by atoms with Crippen LogP contribution in [-0.2, 0) is 6.54 Å². The van der Waals surface area contributed by atoms with Crippen molar-refractivity contribution in [1.82, 2.24) is 9.55 Å². The van der Waals surface area contributed by atoms with Crippen LogP contribution in [0.5, 0.6) is 0 Å². The Morgan fingerprint density at radius 1 is 1.33 bits per heavy atom. The van der Waals surface area contributed by atoms with Gasteiger partial charge in [0.25, 0.3) is 5.69 Å². The first-order valence-corrected chi connectivity index (χ1v) is 6.26. The number of nitro groups is 1. The van der Waals surface area contributed by atoms with Crippen LogP contribution >= 0.6 is 0 Å². The Bertz CT molecular complexity index is 877. The number of fused-ring (bicyclic) bond motifs is 1. The van der Waals surface area contributed by atoms with Gasteiger partial charge >= 0.3 is 0 Å². The standard InChI is InChI=1S/C15H10N4O2/c16-9-14-12(2-1-6-17-14)10-18-7-5-11-8-13(19(20)21)3-4-15(11)18/h1-8H,10H2. The number of non-ortho nitro benzene ring substituents is 1. The minimum atomic E-state index is -0.411. The average molecular weight is 278 g/mol. The van der Waals surface area contributed by atoms with Gasteiger partial charge in [-0.05, 0) is 18.2 Å². The van der Waals surface area contributed by atoms with Crippen LogP contribution in [0.4, 0.5) is 5.69 Å². The lowest BCUT2D eigenvalue weighted by molar-refractivity contribution is -0.384. The molecule has 6 nitrogen and oxygen atoms in total. The largest absolute Gasteiger partial charge is 0.343 e. The highest BCUT2D eigenvalue weighted by atomic mass is 16.6. The molecule has 6 heteroatoms. The molecule has 2 aromatic heterocycles. The molecular formula is C15H10N4O2. The topological polar surface area (TPSA) is 84.8 Å². The molecule has 0 atom stereocenters. The third-order valence-electron chi connectivity index (χ3n) is 3.30. The molecule has 21 heavy (non-hydrogen) atoms. The first-order chi connectivity index (χ1) is 10.2. The number of hydrogen-bond donors (Lipinski definition) is 0. The maximum absolute atomic E-state index is 10.8. The first kappa shape index (κ1) is 12.8. The summed E-state index contributed by atoms with van der Waals surface area (Å²) in [5, 5.41) is 20.6. The number of rotatable bonds is 3. The summed E-state index contributed by atoms with van der Waals surface area (Å²) in [4.78, 5) is 14.4. The smallest absolute Gasteiger partial charge is 0.270 e. The fourth-order valence-corrected chi connectivity index (χ4v) is 2.29. The van der Waals surface area contributed by atoms with E-state index in [1.165, 1.54) is 6.07 Å². The van der Waals surface area contributed by atoms with Crippen molar-refractivity contribution in [1.29, 1.82) is 5.26 Å². The van der Waals surface area contributed by atoms with Crippen molar-refractivity contribution in [3.8, 4) is 6.07 Å². The predicted molar refractivity (Wildman–Crippen MR) is 76.6 cm³/mol. The normalized spacial score (nSPS) is 10.4. The molecule has 0 radical (unpaired) electrons. The van der Waals surface area contributed by atoms with Crippen LogP contribution < -0.4 is 0 Å². The van der Waals surface area contributed by atoms with Crippen LogP contribution in [-0.4, -0.2) is 14.5 Å². The van der Waals surface area contributed by atoms with Crippen molar-refractivity contribution in [3.05, 3.63) is 70.2 Å². The quantitative estimate of drug-likeness (QED) is 0.544. The lowest BCUT2D eigenvalue weighted by Crippen LogP contribution is -2.01. The molecule has 0 spiro atoms. The van der Waals surface area contributed by atoms with Gasteiger partial charge in [0.15, 0.2) is 0 Å². The lowest BCUT2D eigenvalue weighted by atomic mass is 10.2. The van der Waals surface area contributed by atoms with E-state index >= 15 is 0 Å². The number of pyridine rings is 1. The molecule has 0 aliphatic carbocycles. The van der Waals surface area contributed by atoms with Gasteiger partial charge in [-0.15, -0.1) is 0 Å². The van der Waals surface area contributed by atoms with Crippen molar-refractivity contribution in [2.45, 2.75) is 6.54 Å². The number of nitriles is 1. The highest BCUT2D eigenvalue weighted by Crippen LogP contribution is 2.23. The van der Waals surface area contributed by atoms with Gasteiger partial charge in [0.05, 0.1) is 11.5 Å². The molecule has 0 fully saturated rings. The molecule has 2 heterocycles. The van der Waals surface area contributed by atoms with Crippen molar-refractivity contribution >= 4 is 16.6 Å². The van der Waals surface area contributed by atoms with Crippen molar-refractivity contribution < 1.29 is 4.92 Å². The molecule has 0 saturated carbocycles. The second kappa shape index (κ2) is 5.06. The van der Waals surface area contributed by atoms with Crippen LogP contribution in [0, 0.1) is 21.4 Å². The summed E-state index contributed by atoms with van der Waals surface area (Å²) in [6, 6.07) is 12.3. The molecule has 3 aromatic rings. The number of nitro benzene ring substituents is 1. The maximum Gasteiger partial charge on any atom is 0.270 e. The Kier molecular flexibility index (Phi) is 3.09. The second-order valence-electron chi connectivity index (χ2n) is 4.57. The molecule has 1 aromatic carbocycles. The summed E-state index contributed by atoms with van der Waals surface area (Å²) in [6.45, 7) is 0.498. The molecule has 3 rings (SSSR count). The van der Waals surface area contributed by atoms with E-state index in [2.05, 4.69) is 11.1 Å². The third-order valence-corrected chi connectivity index (χ3v) is 3.30. The Morgan fingerprint density at radius 2 is 2.19 bits per heavy atom. The van der Waals surface area contributed by atoms with Crippen LogP contribution in [0.2, 0.25) is 0 Å². The molecule has 0 saturated heterocycles. The second-order valence-corrected chi connectivity index (χ2v) is 4.57. The van der Waals surface area contributed by atoms with Crippen LogP contribution in [0.1, 0.15) is 11.3 Å². The minimum Gasteiger partial charge on any atom is -0.343 e. The molecule has 102 valence electrons. The zero-order chi connectivity index (χ0) is 14.8. The fraction of sp³-hybridized carbons (Fsp3) is 0.0667. The molecule has 0 aliphatic heterocycles. The van der Waals surface area contributed by atoms with Gasteiger partial charge in [-0.1, -0.05) is 6.07 Å². The first-order valence-electron chi connectivity index (χ1n) is 6.26. The summed E-state index contributed by atoms with van der Waals surface area (Å²) in [6.07, 6.45) is 3.43. The summed E-state index contributed by atoms with van der Waals surface area (Å²) < 4.78 is 1.94. The fourth-order valence-electron chi connectivity index (χ4n) is 2.29. The summed E-state index contributed by atoms with van der Waals surface area (Å²) in [5.74, 6) is 0. The average Bonchev–Trinajstić information content (AvgIpc) is 2.90. The highest BCUT2D eigenvalue weighted by Gasteiger charge is 2.10. The van der Waals surface area contributed by atoms with Crippen molar-refractivity contribution in [3.63, 3.8) is 0 Å². The van der Waals surface area contributed by atoms with Gasteiger partial charge in [-0.25, -0.2) is 4.98 Å². The van der Waals surface area contributed by atoms with Crippen LogP contribution in [0.25, 0.3) is 10.9 Å². The Morgan fingerprint density at radius 3 is 2.95 bits per heavy atom. The Hall–Kier alpha value is -3.20. The Balaban J connectivity index is 2.02. The highest BCUT2D eigenvalue weighted by molar-refractivity contribution is 5.82. The zero-order valence-electron chi connectivity index (χ0n) is 10.9. The van der Waals surface area contributed by atoms with Gasteiger partial charge in [0.1, 0.15) is 11.8 Å². The van der Waals surface area contributed by atoms with E-state index in [9.17, 15) is 10.1 Å². The third kappa shape index (κ3) is 2.32. The predicted octanol–water partition coefficient (Wildman–Crippen LogP) is 2.86. The van der Waals surface area contributed by atoms with Crippen molar-refractivity contribution in [2.75, 3.05) is 0 Å². The van der Waals surface area contributed by atoms with E-state index in [0.29, 0.717) is 12.2 Å². The van der Waals surface area contributed by atoms with Gasteiger partial charge < -0.3 is 4.57 Å². The van der Waals surface area contributed by atoms with E-state index in [4.69, 9.17) is 5.26 Å². The zero-order valence-corrected chi connectivity index (χ0v) is 10.9. The number of benzene rings is 1. The van der Waals surface area contributed by atoms with E-state index in [0.717, 1.165) is 16.5 Å². The van der Waals surface area contributed by atoms with Crippen LogP contribution in [0.15, 0.2) is 48.8 Å². The number of aromatic nitrogens is 2. The van der Waals surface area contributed by atoms with Gasteiger partial charge in [-0.2, -0.15) is 5.26 Å². The van der Waals surface area contributed by atoms with E-state index in [1.807, 2.05) is 22.9 Å². The summed E-state index contributed by atoms with van der Waals surface area (Å²) in [7, 11) is 0.